The summed E-state index contributed by atoms with van der Waals surface area (Å²) in [7, 11) is 0. The molecule has 0 bridgehead atoms. The van der Waals surface area contributed by atoms with Gasteiger partial charge in [-0.05, 0) is 62.9 Å². The van der Waals surface area contributed by atoms with Gasteiger partial charge in [-0.3, -0.25) is 9.59 Å². The summed E-state index contributed by atoms with van der Waals surface area (Å²) in [6.07, 6.45) is 7.71. The molecule has 1 saturated carbocycles. The zero-order valence-electron chi connectivity index (χ0n) is 14.2. The third kappa shape index (κ3) is 4.62. The maximum atomic E-state index is 12.2. The highest BCUT2D eigenvalue weighted by molar-refractivity contribution is 6.00. The van der Waals surface area contributed by atoms with E-state index in [2.05, 4.69) is 10.6 Å². The van der Waals surface area contributed by atoms with Gasteiger partial charge in [-0.1, -0.05) is 0 Å². The van der Waals surface area contributed by atoms with Crippen molar-refractivity contribution >= 4 is 17.5 Å². The lowest BCUT2D eigenvalue weighted by molar-refractivity contribution is -0.117. The third-order valence-electron chi connectivity index (χ3n) is 4.25. The number of ether oxygens (including phenoxy) is 1. The monoisotopic (exact) mass is 342 g/mol. The average molecular weight is 342 g/mol. The lowest BCUT2D eigenvalue weighted by Gasteiger charge is -2.15. The molecular weight excluding hydrogens is 320 g/mol. The van der Waals surface area contributed by atoms with E-state index < -0.39 is 6.04 Å². The summed E-state index contributed by atoms with van der Waals surface area (Å²) in [5, 5.41) is 5.41. The van der Waals surface area contributed by atoms with Crippen LogP contribution in [-0.2, 0) is 4.79 Å². The summed E-state index contributed by atoms with van der Waals surface area (Å²) < 4.78 is 10.8. The molecule has 1 fully saturated rings. The molecule has 3 rings (SSSR count). The summed E-state index contributed by atoms with van der Waals surface area (Å²) >= 11 is 0. The SMILES string of the molecule is CC(NC(=O)c1ccoc1)C(=O)Nc1ccc(OC2CCCC2)cc1. The number of hydrogen-bond donors (Lipinski definition) is 2. The Labute approximate surface area is 146 Å². The highest BCUT2D eigenvalue weighted by Crippen LogP contribution is 2.25. The molecule has 1 aliphatic rings. The smallest absolute Gasteiger partial charge is 0.255 e. The van der Waals surface area contributed by atoms with Crippen molar-refractivity contribution in [3.05, 3.63) is 48.4 Å². The van der Waals surface area contributed by atoms with Crippen molar-refractivity contribution in [2.75, 3.05) is 5.32 Å². The number of benzene rings is 1. The van der Waals surface area contributed by atoms with E-state index in [1.54, 1.807) is 25.1 Å². The van der Waals surface area contributed by atoms with Crippen LogP contribution >= 0.6 is 0 Å². The van der Waals surface area contributed by atoms with E-state index in [4.69, 9.17) is 9.15 Å². The summed E-state index contributed by atoms with van der Waals surface area (Å²) in [6.45, 7) is 1.63. The van der Waals surface area contributed by atoms with Gasteiger partial charge in [0, 0.05) is 5.69 Å². The molecule has 6 heteroatoms. The Morgan fingerprint density at radius 1 is 1.16 bits per heavy atom. The number of amides is 2. The molecule has 25 heavy (non-hydrogen) atoms. The second-order valence-electron chi connectivity index (χ2n) is 6.25. The maximum Gasteiger partial charge on any atom is 0.255 e. The third-order valence-corrected chi connectivity index (χ3v) is 4.25. The number of hydrogen-bond acceptors (Lipinski definition) is 4. The molecule has 0 radical (unpaired) electrons. The molecule has 1 atom stereocenters. The van der Waals surface area contributed by atoms with Gasteiger partial charge in [0.25, 0.3) is 5.91 Å². The second kappa shape index (κ2) is 7.88. The fourth-order valence-electron chi connectivity index (χ4n) is 2.81. The molecular formula is C19H22N2O4. The first kappa shape index (κ1) is 17.1. The average Bonchev–Trinajstić information content (AvgIpc) is 3.30. The van der Waals surface area contributed by atoms with Gasteiger partial charge in [-0.25, -0.2) is 0 Å². The zero-order chi connectivity index (χ0) is 17.6. The predicted molar refractivity (Wildman–Crippen MR) is 93.6 cm³/mol. The zero-order valence-corrected chi connectivity index (χ0v) is 14.2. The molecule has 1 aliphatic carbocycles. The molecule has 2 amide bonds. The van der Waals surface area contributed by atoms with Crippen LogP contribution in [0.1, 0.15) is 43.0 Å². The number of anilines is 1. The van der Waals surface area contributed by atoms with Crippen molar-refractivity contribution in [2.45, 2.75) is 44.8 Å². The number of furan rings is 1. The Morgan fingerprint density at radius 2 is 1.88 bits per heavy atom. The van der Waals surface area contributed by atoms with E-state index in [0.29, 0.717) is 17.4 Å². The van der Waals surface area contributed by atoms with Gasteiger partial charge >= 0.3 is 0 Å². The number of nitrogens with one attached hydrogen (secondary N) is 2. The van der Waals surface area contributed by atoms with Crippen molar-refractivity contribution in [1.29, 1.82) is 0 Å². The first-order valence-electron chi connectivity index (χ1n) is 8.52. The molecule has 1 heterocycles. The molecule has 2 aromatic rings. The Morgan fingerprint density at radius 3 is 2.52 bits per heavy atom. The van der Waals surface area contributed by atoms with Crippen molar-refractivity contribution in [3.8, 4) is 5.75 Å². The largest absolute Gasteiger partial charge is 0.490 e. The van der Waals surface area contributed by atoms with Crippen LogP contribution < -0.4 is 15.4 Å². The van der Waals surface area contributed by atoms with Crippen LogP contribution in [0.3, 0.4) is 0 Å². The fourth-order valence-corrected chi connectivity index (χ4v) is 2.81. The normalized spacial score (nSPS) is 15.6. The van der Waals surface area contributed by atoms with E-state index >= 15 is 0 Å². The minimum atomic E-state index is -0.670. The lowest BCUT2D eigenvalue weighted by atomic mass is 10.2. The van der Waals surface area contributed by atoms with Gasteiger partial charge in [-0.2, -0.15) is 0 Å². The Balaban J connectivity index is 1.50. The minimum Gasteiger partial charge on any atom is -0.490 e. The second-order valence-corrected chi connectivity index (χ2v) is 6.25. The van der Waals surface area contributed by atoms with E-state index in [1.165, 1.54) is 25.4 Å². The molecule has 1 aromatic heterocycles. The van der Waals surface area contributed by atoms with E-state index in [-0.39, 0.29) is 11.8 Å². The first-order valence-corrected chi connectivity index (χ1v) is 8.52. The standard InChI is InChI=1S/C19H22N2O4/c1-13(20-19(23)14-10-11-24-12-14)18(22)21-15-6-8-17(9-7-15)25-16-4-2-3-5-16/h6-13,16H,2-5H2,1H3,(H,20,23)(H,21,22). The van der Waals surface area contributed by atoms with Crippen LogP contribution in [0.15, 0.2) is 47.3 Å². The van der Waals surface area contributed by atoms with Crippen LogP contribution in [0.2, 0.25) is 0 Å². The Kier molecular flexibility index (Phi) is 5.38. The lowest BCUT2D eigenvalue weighted by Crippen LogP contribution is -2.41. The van der Waals surface area contributed by atoms with Crippen molar-refractivity contribution in [1.82, 2.24) is 5.32 Å². The van der Waals surface area contributed by atoms with Crippen LogP contribution in [0.4, 0.5) is 5.69 Å². The Bertz CT molecular complexity index is 704. The summed E-state index contributed by atoms with van der Waals surface area (Å²) in [5.74, 6) is 0.171. The molecule has 132 valence electrons. The fraction of sp³-hybridized carbons (Fsp3) is 0.368. The van der Waals surface area contributed by atoms with Crippen molar-refractivity contribution in [3.63, 3.8) is 0 Å². The van der Waals surface area contributed by atoms with Gasteiger partial charge in [-0.15, -0.1) is 0 Å². The van der Waals surface area contributed by atoms with Crippen LogP contribution in [0.25, 0.3) is 0 Å². The van der Waals surface area contributed by atoms with Crippen molar-refractivity contribution in [2.24, 2.45) is 0 Å². The molecule has 1 unspecified atom stereocenters. The topological polar surface area (TPSA) is 80.6 Å². The summed E-state index contributed by atoms with van der Waals surface area (Å²) in [5.41, 5.74) is 1.04. The van der Waals surface area contributed by atoms with Gasteiger partial charge in [0.05, 0.1) is 17.9 Å². The van der Waals surface area contributed by atoms with Crippen LogP contribution in [0.5, 0.6) is 5.75 Å². The quantitative estimate of drug-likeness (QED) is 0.843. The highest BCUT2D eigenvalue weighted by atomic mass is 16.5. The van der Waals surface area contributed by atoms with Crippen LogP contribution in [0, 0.1) is 0 Å². The molecule has 0 saturated heterocycles. The first-order chi connectivity index (χ1) is 12.1. The van der Waals surface area contributed by atoms with Gasteiger partial charge in [0.2, 0.25) is 5.91 Å². The van der Waals surface area contributed by atoms with Gasteiger partial charge in [0.1, 0.15) is 18.1 Å². The maximum absolute atomic E-state index is 12.2. The van der Waals surface area contributed by atoms with Crippen molar-refractivity contribution < 1.29 is 18.7 Å². The molecule has 0 aliphatic heterocycles. The minimum absolute atomic E-state index is 0.290. The number of carbonyl (C=O) groups is 2. The molecule has 2 N–H and O–H groups in total. The van der Waals surface area contributed by atoms with Crippen LogP contribution in [-0.4, -0.2) is 24.0 Å². The number of rotatable bonds is 6. The summed E-state index contributed by atoms with van der Waals surface area (Å²) in [6, 6.07) is 8.17. The van der Waals surface area contributed by atoms with E-state index in [1.807, 2.05) is 12.1 Å². The molecule has 0 spiro atoms. The summed E-state index contributed by atoms with van der Waals surface area (Å²) in [4.78, 5) is 24.1. The highest BCUT2D eigenvalue weighted by Gasteiger charge is 2.18. The van der Waals surface area contributed by atoms with Gasteiger partial charge in [0.15, 0.2) is 0 Å². The molecule has 1 aromatic carbocycles. The van der Waals surface area contributed by atoms with Gasteiger partial charge < -0.3 is 19.8 Å². The number of carbonyl (C=O) groups excluding carboxylic acids is 2. The Hall–Kier alpha value is -2.76. The van der Waals surface area contributed by atoms with E-state index in [0.717, 1.165) is 18.6 Å². The molecule has 6 nitrogen and oxygen atoms in total. The van der Waals surface area contributed by atoms with E-state index in [9.17, 15) is 9.59 Å². The predicted octanol–water partition coefficient (Wildman–Crippen LogP) is 3.36.